The number of halogens is 4. The summed E-state index contributed by atoms with van der Waals surface area (Å²) in [6.45, 7) is 2.20. The molecule has 0 unspecified atom stereocenters. The summed E-state index contributed by atoms with van der Waals surface area (Å²) < 4.78 is 55.6. The summed E-state index contributed by atoms with van der Waals surface area (Å²) >= 11 is 0. The lowest BCUT2D eigenvalue weighted by Crippen LogP contribution is -1.94. The smallest absolute Gasteiger partial charge is 0.194 e. The van der Waals surface area contributed by atoms with E-state index in [1.165, 1.54) is 37.3 Å². The summed E-state index contributed by atoms with van der Waals surface area (Å²) in [5.41, 5.74) is 2.87. The average Bonchev–Trinajstić information content (AvgIpc) is 2.84. The predicted molar refractivity (Wildman–Crippen MR) is 129 cm³/mol. The van der Waals surface area contributed by atoms with Gasteiger partial charge >= 0.3 is 0 Å². The van der Waals surface area contributed by atoms with Crippen molar-refractivity contribution >= 4 is 10.8 Å². The summed E-state index contributed by atoms with van der Waals surface area (Å²) in [6, 6.07) is 18.0. The molecule has 172 valence electrons. The molecule has 0 saturated carbocycles. The Balaban J connectivity index is 1.54. The van der Waals surface area contributed by atoms with Gasteiger partial charge in [-0.3, -0.25) is 0 Å². The van der Waals surface area contributed by atoms with Gasteiger partial charge < -0.3 is 0 Å². The maximum absolute atomic E-state index is 15.1. The molecular weight excluding hydrogens is 436 g/mol. The van der Waals surface area contributed by atoms with E-state index in [1.807, 2.05) is 12.1 Å². The van der Waals surface area contributed by atoms with Gasteiger partial charge in [-0.05, 0) is 65.8 Å². The van der Waals surface area contributed by atoms with Crippen LogP contribution in [0, 0.1) is 35.1 Å². The molecule has 4 aromatic rings. The van der Waals surface area contributed by atoms with E-state index in [0.29, 0.717) is 10.8 Å². The SMILES string of the molecule is CCCCCCc1ccc(C#Cc2ccc3c(F)c(-c4cc(F)c(F)c(F)c4)ccc3c2)cc1. The van der Waals surface area contributed by atoms with E-state index in [4.69, 9.17) is 0 Å². The van der Waals surface area contributed by atoms with Gasteiger partial charge in [-0.25, -0.2) is 17.6 Å². The number of hydrogen-bond acceptors (Lipinski definition) is 0. The van der Waals surface area contributed by atoms with Crippen LogP contribution in [0.3, 0.4) is 0 Å². The zero-order valence-electron chi connectivity index (χ0n) is 18.9. The van der Waals surface area contributed by atoms with Crippen LogP contribution in [0.2, 0.25) is 0 Å². The maximum Gasteiger partial charge on any atom is 0.194 e. The monoisotopic (exact) mass is 460 g/mol. The summed E-state index contributed by atoms with van der Waals surface area (Å²) in [6.07, 6.45) is 6.01. The number of unbranched alkanes of at least 4 members (excludes halogenated alkanes) is 3. The van der Waals surface area contributed by atoms with Crippen LogP contribution < -0.4 is 0 Å². The molecule has 4 heteroatoms. The quantitative estimate of drug-likeness (QED) is 0.117. The highest BCUT2D eigenvalue weighted by Crippen LogP contribution is 2.31. The van der Waals surface area contributed by atoms with E-state index in [0.717, 1.165) is 29.7 Å². The molecule has 0 spiro atoms. The van der Waals surface area contributed by atoms with Crippen molar-refractivity contribution in [2.24, 2.45) is 0 Å². The van der Waals surface area contributed by atoms with Gasteiger partial charge in [-0.2, -0.15) is 0 Å². The average molecular weight is 461 g/mol. The molecule has 0 amide bonds. The van der Waals surface area contributed by atoms with Crippen molar-refractivity contribution in [3.05, 3.63) is 107 Å². The van der Waals surface area contributed by atoms with E-state index < -0.39 is 23.3 Å². The molecular formula is C30H24F4. The molecule has 4 aromatic carbocycles. The second-order valence-electron chi connectivity index (χ2n) is 8.37. The van der Waals surface area contributed by atoms with E-state index in [9.17, 15) is 13.2 Å². The van der Waals surface area contributed by atoms with Crippen molar-refractivity contribution in [3.63, 3.8) is 0 Å². The molecule has 0 aliphatic rings. The van der Waals surface area contributed by atoms with Crippen LogP contribution in [0.5, 0.6) is 0 Å². The zero-order chi connectivity index (χ0) is 24.1. The molecule has 0 aliphatic carbocycles. The minimum atomic E-state index is -1.57. The first kappa shape index (κ1) is 23.6. The van der Waals surface area contributed by atoms with Crippen molar-refractivity contribution < 1.29 is 17.6 Å². The van der Waals surface area contributed by atoms with Gasteiger partial charge in [-0.15, -0.1) is 0 Å². The van der Waals surface area contributed by atoms with Gasteiger partial charge in [-0.1, -0.05) is 68.4 Å². The van der Waals surface area contributed by atoms with E-state index in [-0.39, 0.29) is 11.1 Å². The normalized spacial score (nSPS) is 10.9. The highest BCUT2D eigenvalue weighted by molar-refractivity contribution is 5.89. The van der Waals surface area contributed by atoms with Crippen molar-refractivity contribution in [2.75, 3.05) is 0 Å². The molecule has 0 radical (unpaired) electrons. The Morgan fingerprint density at radius 3 is 2.03 bits per heavy atom. The van der Waals surface area contributed by atoms with Crippen molar-refractivity contribution in [1.82, 2.24) is 0 Å². The molecule has 0 bridgehead atoms. The van der Waals surface area contributed by atoms with Crippen molar-refractivity contribution in [1.29, 1.82) is 0 Å². The van der Waals surface area contributed by atoms with Gasteiger partial charge in [0.15, 0.2) is 17.5 Å². The third-order valence-corrected chi connectivity index (χ3v) is 5.87. The lowest BCUT2D eigenvalue weighted by Gasteiger charge is -2.08. The van der Waals surface area contributed by atoms with Gasteiger partial charge in [0, 0.05) is 22.1 Å². The minimum absolute atomic E-state index is 0.00100. The molecule has 34 heavy (non-hydrogen) atoms. The van der Waals surface area contributed by atoms with Crippen LogP contribution in [-0.4, -0.2) is 0 Å². The van der Waals surface area contributed by atoms with Crippen LogP contribution >= 0.6 is 0 Å². The largest absolute Gasteiger partial charge is 0.206 e. The molecule has 0 atom stereocenters. The fraction of sp³-hybridized carbons (Fsp3) is 0.200. The molecule has 0 saturated heterocycles. The Labute approximate surface area is 197 Å². The van der Waals surface area contributed by atoms with Crippen LogP contribution in [0.1, 0.15) is 49.3 Å². The van der Waals surface area contributed by atoms with Crippen molar-refractivity contribution in [3.8, 4) is 23.0 Å². The van der Waals surface area contributed by atoms with Crippen LogP contribution in [0.4, 0.5) is 17.6 Å². The van der Waals surface area contributed by atoms with Crippen LogP contribution in [-0.2, 0) is 6.42 Å². The number of benzene rings is 4. The number of hydrogen-bond donors (Lipinski definition) is 0. The summed E-state index contributed by atoms with van der Waals surface area (Å²) in [5.74, 6) is 1.33. The van der Waals surface area contributed by atoms with E-state index in [1.54, 1.807) is 24.3 Å². The lowest BCUT2D eigenvalue weighted by atomic mass is 9.98. The van der Waals surface area contributed by atoms with Gasteiger partial charge in [0.2, 0.25) is 0 Å². The zero-order valence-corrected chi connectivity index (χ0v) is 18.9. The standard InChI is InChI=1S/C30H24F4/c1-2-3-4-5-6-20-7-9-21(10-8-20)11-12-22-13-15-25-23(17-22)14-16-26(29(25)33)24-18-27(31)30(34)28(32)19-24/h7-10,13-19H,2-6H2,1H3. The highest BCUT2D eigenvalue weighted by Gasteiger charge is 2.15. The number of fused-ring (bicyclic) bond motifs is 1. The number of rotatable bonds is 6. The Kier molecular flexibility index (Phi) is 7.33. The Hall–Kier alpha value is -3.58. The lowest BCUT2D eigenvalue weighted by molar-refractivity contribution is 0.447. The molecule has 0 heterocycles. The Morgan fingerprint density at radius 1 is 0.647 bits per heavy atom. The number of aryl methyl sites for hydroxylation is 1. The first-order chi connectivity index (χ1) is 16.5. The van der Waals surface area contributed by atoms with Gasteiger partial charge in [0.05, 0.1) is 0 Å². The van der Waals surface area contributed by atoms with Crippen LogP contribution in [0.15, 0.2) is 66.7 Å². The second kappa shape index (κ2) is 10.6. The van der Waals surface area contributed by atoms with E-state index >= 15 is 4.39 Å². The summed E-state index contributed by atoms with van der Waals surface area (Å²) in [7, 11) is 0. The van der Waals surface area contributed by atoms with E-state index in [2.05, 4.69) is 30.9 Å². The molecule has 0 nitrogen and oxygen atoms in total. The fourth-order valence-corrected chi connectivity index (χ4v) is 3.96. The third-order valence-electron chi connectivity index (χ3n) is 5.87. The third kappa shape index (κ3) is 5.31. The fourth-order valence-electron chi connectivity index (χ4n) is 3.96. The molecule has 0 aromatic heterocycles. The molecule has 0 aliphatic heterocycles. The summed E-state index contributed by atoms with van der Waals surface area (Å²) in [5, 5.41) is 0.902. The van der Waals surface area contributed by atoms with Gasteiger partial charge in [0.25, 0.3) is 0 Å². The van der Waals surface area contributed by atoms with Gasteiger partial charge in [0.1, 0.15) is 5.82 Å². The predicted octanol–water partition coefficient (Wildman–Crippen LogP) is 8.59. The first-order valence-electron chi connectivity index (χ1n) is 11.4. The molecule has 4 rings (SSSR count). The minimum Gasteiger partial charge on any atom is -0.206 e. The van der Waals surface area contributed by atoms with Crippen LogP contribution in [0.25, 0.3) is 21.9 Å². The Bertz CT molecular complexity index is 1350. The topological polar surface area (TPSA) is 0 Å². The molecule has 0 fully saturated rings. The summed E-state index contributed by atoms with van der Waals surface area (Å²) in [4.78, 5) is 0. The van der Waals surface area contributed by atoms with Crippen molar-refractivity contribution in [2.45, 2.75) is 39.0 Å². The Morgan fingerprint density at radius 2 is 1.32 bits per heavy atom. The second-order valence-corrected chi connectivity index (χ2v) is 8.37. The molecule has 0 N–H and O–H groups in total. The maximum atomic E-state index is 15.1. The highest BCUT2D eigenvalue weighted by atomic mass is 19.2. The first-order valence-corrected chi connectivity index (χ1v) is 11.4.